The van der Waals surface area contributed by atoms with Crippen LogP contribution >= 0.6 is 0 Å². The van der Waals surface area contributed by atoms with E-state index in [2.05, 4.69) is 47.9 Å². The zero-order valence-corrected chi connectivity index (χ0v) is 49.7. The van der Waals surface area contributed by atoms with Gasteiger partial charge in [0.15, 0.2) is 0 Å². The molecule has 4 aromatic carbocycles. The highest BCUT2D eigenvalue weighted by atomic mass is 32.2. The molecule has 1 amide bonds. The lowest BCUT2D eigenvalue weighted by atomic mass is 10.1. The molecular weight excluding hydrogens is 1100 g/mol. The van der Waals surface area contributed by atoms with Crippen molar-refractivity contribution in [2.24, 2.45) is 0 Å². The van der Waals surface area contributed by atoms with E-state index < -0.39 is 25.6 Å². The van der Waals surface area contributed by atoms with Crippen molar-refractivity contribution in [3.05, 3.63) is 145 Å². The second kappa shape index (κ2) is 26.5. The molecule has 3 N–H and O–H groups in total. The SMILES string of the molecule is COCCN(c1ccccc1Cn1ccc2cnc(Nc3ccc(N4CCN(C(=O)OC(C)(C)C)CC4)cc3)nc21)S(C)(=O)=O.COCCN(c1ccccc1Cn1ccc2cnc(Nc3ccc(N4CCNCC4)cc3)nc21)S(C)(=O)=O. The summed E-state index contributed by atoms with van der Waals surface area (Å²) in [7, 11) is -3.89. The lowest BCUT2D eigenvalue weighted by Gasteiger charge is -2.36. The number of benzene rings is 4. The van der Waals surface area contributed by atoms with E-state index in [1.54, 1.807) is 31.5 Å². The molecule has 2 aliphatic heterocycles. The quantitative estimate of drug-likeness (QED) is 0.0663. The summed E-state index contributed by atoms with van der Waals surface area (Å²) >= 11 is 0. The third kappa shape index (κ3) is 15.5. The number of carbonyl (C=O) groups excluding carboxylic acids is 1. The Kier molecular flexibility index (Phi) is 19.0. The summed E-state index contributed by atoms with van der Waals surface area (Å²) in [6.07, 6.45) is 9.59. The number of hydrogen-bond donors (Lipinski definition) is 3. The number of rotatable bonds is 20. The fourth-order valence-corrected chi connectivity index (χ4v) is 11.8. The highest BCUT2D eigenvalue weighted by Gasteiger charge is 2.27. The monoisotopic (exact) mass is 1170 g/mol. The normalized spacial score (nSPS) is 14.1. The molecule has 0 atom stereocenters. The number of piperazine rings is 2. The van der Waals surface area contributed by atoms with E-state index in [4.69, 9.17) is 24.2 Å². The molecular formula is C59H74N14O8S2. The number of para-hydroxylation sites is 2. The minimum Gasteiger partial charge on any atom is -0.444 e. The smallest absolute Gasteiger partial charge is 0.410 e. The van der Waals surface area contributed by atoms with Crippen molar-refractivity contribution in [3.63, 3.8) is 0 Å². The van der Waals surface area contributed by atoms with Crippen LogP contribution in [0.15, 0.2) is 134 Å². The maximum absolute atomic E-state index is 12.6. The van der Waals surface area contributed by atoms with E-state index in [1.165, 1.54) is 26.8 Å². The highest BCUT2D eigenvalue weighted by Crippen LogP contribution is 2.29. The van der Waals surface area contributed by atoms with Gasteiger partial charge in [0.25, 0.3) is 0 Å². The number of anilines is 8. The van der Waals surface area contributed by atoms with Gasteiger partial charge in [0.2, 0.25) is 31.9 Å². The van der Waals surface area contributed by atoms with Gasteiger partial charge in [0.05, 0.1) is 63.3 Å². The Morgan fingerprint density at radius 1 is 0.590 bits per heavy atom. The Morgan fingerprint density at radius 3 is 1.42 bits per heavy atom. The molecule has 0 unspecified atom stereocenters. The van der Waals surface area contributed by atoms with Gasteiger partial charge in [-0.1, -0.05) is 36.4 Å². The Labute approximate surface area is 486 Å². The first-order valence-electron chi connectivity index (χ1n) is 27.5. The first-order chi connectivity index (χ1) is 39.8. The molecule has 0 bridgehead atoms. The number of fused-ring (bicyclic) bond motifs is 2. The molecule has 0 spiro atoms. The van der Waals surface area contributed by atoms with Crippen LogP contribution < -0.4 is 34.4 Å². The molecule has 0 saturated carbocycles. The lowest BCUT2D eigenvalue weighted by Crippen LogP contribution is -2.50. The van der Waals surface area contributed by atoms with Gasteiger partial charge in [-0.15, -0.1) is 0 Å². The lowest BCUT2D eigenvalue weighted by molar-refractivity contribution is 0.0240. The largest absolute Gasteiger partial charge is 0.444 e. The second-order valence-corrected chi connectivity index (χ2v) is 25.1. The Hall–Kier alpha value is -8.03. The molecule has 4 aromatic heterocycles. The summed E-state index contributed by atoms with van der Waals surface area (Å²) in [5, 5.41) is 11.8. The average Bonchev–Trinajstić information content (AvgIpc) is 4.25. The molecule has 24 heteroatoms. The third-order valence-corrected chi connectivity index (χ3v) is 16.4. The van der Waals surface area contributed by atoms with Crippen molar-refractivity contribution in [2.75, 3.05) is 134 Å². The zero-order valence-electron chi connectivity index (χ0n) is 48.1. The van der Waals surface area contributed by atoms with Crippen LogP contribution in [0.1, 0.15) is 31.9 Å². The van der Waals surface area contributed by atoms with E-state index >= 15 is 0 Å². The molecule has 83 heavy (non-hydrogen) atoms. The van der Waals surface area contributed by atoms with E-state index in [0.717, 1.165) is 89.5 Å². The molecule has 8 aromatic rings. The van der Waals surface area contributed by atoms with Crippen molar-refractivity contribution in [2.45, 2.75) is 39.5 Å². The predicted octanol–water partition coefficient (Wildman–Crippen LogP) is 7.74. The first-order valence-corrected chi connectivity index (χ1v) is 31.2. The Morgan fingerprint density at radius 2 is 1.01 bits per heavy atom. The van der Waals surface area contributed by atoms with Crippen LogP contribution in [0, 0.1) is 0 Å². The van der Waals surface area contributed by atoms with Gasteiger partial charge in [-0.25, -0.2) is 31.6 Å². The van der Waals surface area contributed by atoms with E-state index in [9.17, 15) is 21.6 Å². The summed E-state index contributed by atoms with van der Waals surface area (Å²) in [6.45, 7) is 14.2. The van der Waals surface area contributed by atoms with Crippen LogP contribution in [0.4, 0.5) is 50.8 Å². The van der Waals surface area contributed by atoms with E-state index in [-0.39, 0.29) is 25.8 Å². The maximum Gasteiger partial charge on any atom is 0.410 e. The number of sulfonamides is 2. The summed E-state index contributed by atoms with van der Waals surface area (Å²) in [4.78, 5) is 37.3. The minimum absolute atomic E-state index is 0.218. The number of nitrogens with zero attached hydrogens (tertiary/aromatic N) is 11. The molecule has 6 heterocycles. The molecule has 440 valence electrons. The average molecular weight is 1170 g/mol. The van der Waals surface area contributed by atoms with Crippen LogP contribution in [-0.4, -0.2) is 168 Å². The molecule has 2 aliphatic rings. The number of hydrogen-bond acceptors (Lipinski definition) is 17. The summed E-state index contributed by atoms with van der Waals surface area (Å²) in [5.74, 6) is 0.950. The predicted molar refractivity (Wildman–Crippen MR) is 329 cm³/mol. The standard InChI is InChI=1S/C32H41N7O5S.C27H33N7O3S/c1-32(2,3)44-31(40)37-18-16-36(17-19-37)27-12-10-26(11-13-27)34-30-33-22-24-14-15-38(29(24)35-30)23-25-8-6-7-9-28(25)39(20-21-43-4)45(5,41)42;1-37-18-17-34(38(2,35)36)25-6-4-3-5-22(25)20-33-14-11-21-19-29-27(31-26(21)33)30-23-7-9-24(10-8-23)32-15-12-28-13-16-32/h6-15,22H,16-21,23H2,1-5H3,(H,33,34,35);3-11,14,19,28H,12-13,15-18,20H2,1-2H3,(H,29,30,31). The van der Waals surface area contributed by atoms with Crippen LogP contribution in [0.5, 0.6) is 0 Å². The van der Waals surface area contributed by atoms with Crippen molar-refractivity contribution < 1.29 is 35.8 Å². The minimum atomic E-state index is -3.51. The summed E-state index contributed by atoms with van der Waals surface area (Å²) in [6, 6.07) is 35.2. The molecule has 0 aliphatic carbocycles. The molecule has 10 rings (SSSR count). The van der Waals surface area contributed by atoms with Crippen LogP contribution in [0.3, 0.4) is 0 Å². The zero-order chi connectivity index (χ0) is 58.7. The number of ether oxygens (including phenoxy) is 3. The van der Waals surface area contributed by atoms with Gasteiger partial charge in [0.1, 0.15) is 16.9 Å². The molecule has 2 fully saturated rings. The van der Waals surface area contributed by atoms with Crippen molar-refractivity contribution >= 4 is 94.2 Å². The topological polar surface area (TPSA) is 227 Å². The van der Waals surface area contributed by atoms with Gasteiger partial charge < -0.3 is 54.0 Å². The van der Waals surface area contributed by atoms with Crippen LogP contribution in [0.2, 0.25) is 0 Å². The van der Waals surface area contributed by atoms with E-state index in [1.807, 2.05) is 139 Å². The van der Waals surface area contributed by atoms with Gasteiger partial charge in [-0.3, -0.25) is 8.61 Å². The van der Waals surface area contributed by atoms with Crippen molar-refractivity contribution in [1.82, 2.24) is 39.3 Å². The number of nitrogens with one attached hydrogen (secondary N) is 3. The maximum atomic E-state index is 12.6. The van der Waals surface area contributed by atoms with Gasteiger partial charge in [-0.05, 0) is 105 Å². The first kappa shape index (κ1) is 59.6. The van der Waals surface area contributed by atoms with Crippen molar-refractivity contribution in [1.29, 1.82) is 0 Å². The molecule has 2 saturated heterocycles. The highest BCUT2D eigenvalue weighted by molar-refractivity contribution is 7.92. The van der Waals surface area contributed by atoms with E-state index in [0.29, 0.717) is 56.1 Å². The number of methoxy groups -OCH3 is 2. The number of aromatic nitrogens is 6. The Balaban J connectivity index is 0.000000202. The second-order valence-electron chi connectivity index (χ2n) is 21.3. The van der Waals surface area contributed by atoms with Gasteiger partial charge >= 0.3 is 6.09 Å². The molecule has 0 radical (unpaired) electrons. The van der Waals surface area contributed by atoms with Crippen LogP contribution in [-0.2, 0) is 47.3 Å². The number of amides is 1. The summed E-state index contributed by atoms with van der Waals surface area (Å²) in [5.41, 5.74) is 7.95. The third-order valence-electron chi connectivity index (χ3n) is 14.0. The van der Waals surface area contributed by atoms with Gasteiger partial charge in [0, 0.05) is 125 Å². The molecule has 22 nitrogen and oxygen atoms in total. The Bertz CT molecular complexity index is 3690. The van der Waals surface area contributed by atoms with Gasteiger partial charge in [-0.2, -0.15) is 9.97 Å². The summed E-state index contributed by atoms with van der Waals surface area (Å²) < 4.78 is 73.0. The fraction of sp³-hybridized carbons (Fsp3) is 0.373. The van der Waals surface area contributed by atoms with Crippen molar-refractivity contribution in [3.8, 4) is 0 Å². The fourth-order valence-electron chi connectivity index (χ4n) is 9.90. The van der Waals surface area contributed by atoms with Crippen LogP contribution in [0.25, 0.3) is 22.1 Å². The number of carbonyl (C=O) groups is 1.